The molecule has 2 N–H and O–H groups in total. The Kier molecular flexibility index (Phi) is 4.42. The Morgan fingerprint density at radius 2 is 2.05 bits per heavy atom. The van der Waals surface area contributed by atoms with Crippen molar-refractivity contribution in [3.63, 3.8) is 0 Å². The van der Waals surface area contributed by atoms with Crippen molar-refractivity contribution in [3.05, 3.63) is 46.6 Å². The van der Waals surface area contributed by atoms with Gasteiger partial charge >= 0.3 is 0 Å². The largest absolute Gasteiger partial charge is 0.316 e. The van der Waals surface area contributed by atoms with Gasteiger partial charge in [-0.2, -0.15) is 0 Å². The van der Waals surface area contributed by atoms with Gasteiger partial charge in [-0.3, -0.25) is 4.72 Å². The molecule has 0 aliphatic heterocycles. The summed E-state index contributed by atoms with van der Waals surface area (Å²) in [4.78, 5) is 0. The number of anilines is 1. The fraction of sp³-hybridized carbons (Fsp3) is 0.231. The molecule has 20 heavy (non-hydrogen) atoms. The lowest BCUT2D eigenvalue weighted by Crippen LogP contribution is -2.13. The maximum atomic E-state index is 13.7. The van der Waals surface area contributed by atoms with Crippen molar-refractivity contribution in [2.45, 2.75) is 17.7 Å². The molecule has 0 unspecified atom stereocenters. The monoisotopic (exact) mass is 314 g/mol. The van der Waals surface area contributed by atoms with E-state index in [0.29, 0.717) is 6.54 Å². The Bertz CT molecular complexity index is 711. The quantitative estimate of drug-likeness (QED) is 0.892. The Hall–Kier alpha value is -1.44. The molecule has 0 radical (unpaired) electrons. The number of hydrogen-bond acceptors (Lipinski definition) is 4. The molecule has 7 heteroatoms. The lowest BCUT2D eigenvalue weighted by molar-refractivity contribution is 0.600. The van der Waals surface area contributed by atoms with Crippen LogP contribution in [0.5, 0.6) is 0 Å². The number of sulfonamides is 1. The zero-order valence-electron chi connectivity index (χ0n) is 11.1. The minimum atomic E-state index is -3.75. The van der Waals surface area contributed by atoms with E-state index < -0.39 is 15.8 Å². The Balaban J connectivity index is 2.26. The van der Waals surface area contributed by atoms with Crippen LogP contribution >= 0.6 is 11.3 Å². The van der Waals surface area contributed by atoms with E-state index in [0.717, 1.165) is 22.5 Å². The van der Waals surface area contributed by atoms with Crippen LogP contribution in [0.15, 0.2) is 33.9 Å². The molecular weight excluding hydrogens is 299 g/mol. The third-order valence-electron chi connectivity index (χ3n) is 2.64. The standard InChI is InChI=1S/C13H15FN2O2S2/c1-9-3-4-12(11(14)5-9)16-20(17,18)13-6-10(7-15-2)8-19-13/h3-6,8,15-16H,7H2,1-2H3. The van der Waals surface area contributed by atoms with Gasteiger partial charge in [-0.1, -0.05) is 6.07 Å². The van der Waals surface area contributed by atoms with Crippen LogP contribution < -0.4 is 10.0 Å². The number of halogens is 1. The number of benzene rings is 1. The van der Waals surface area contributed by atoms with Crippen LogP contribution in [0.1, 0.15) is 11.1 Å². The van der Waals surface area contributed by atoms with Crippen molar-refractivity contribution >= 4 is 27.0 Å². The van der Waals surface area contributed by atoms with Crippen molar-refractivity contribution < 1.29 is 12.8 Å². The SMILES string of the molecule is CNCc1csc(S(=O)(=O)Nc2ccc(C)cc2F)c1. The molecule has 0 bridgehead atoms. The van der Waals surface area contributed by atoms with Gasteiger partial charge in [0.05, 0.1) is 5.69 Å². The predicted octanol–water partition coefficient (Wildman–Crippen LogP) is 2.72. The summed E-state index contributed by atoms with van der Waals surface area (Å²) < 4.78 is 40.5. The van der Waals surface area contributed by atoms with Gasteiger partial charge in [0.1, 0.15) is 10.0 Å². The van der Waals surface area contributed by atoms with E-state index in [4.69, 9.17) is 0 Å². The lowest BCUT2D eigenvalue weighted by Gasteiger charge is -2.07. The van der Waals surface area contributed by atoms with Crippen molar-refractivity contribution in [3.8, 4) is 0 Å². The van der Waals surface area contributed by atoms with Crippen LogP contribution in [0.25, 0.3) is 0 Å². The number of aryl methyl sites for hydroxylation is 1. The second-order valence-electron chi connectivity index (χ2n) is 4.39. The molecule has 2 rings (SSSR count). The maximum absolute atomic E-state index is 13.7. The number of thiophene rings is 1. The zero-order valence-corrected chi connectivity index (χ0v) is 12.7. The second-order valence-corrected chi connectivity index (χ2v) is 7.21. The molecule has 0 fully saturated rings. The summed E-state index contributed by atoms with van der Waals surface area (Å²) in [6, 6.07) is 5.94. The Morgan fingerprint density at radius 3 is 2.70 bits per heavy atom. The van der Waals surface area contributed by atoms with Gasteiger partial charge in [0.2, 0.25) is 0 Å². The molecule has 0 saturated heterocycles. The summed E-state index contributed by atoms with van der Waals surface area (Å²) >= 11 is 1.11. The molecule has 1 aromatic carbocycles. The van der Waals surface area contributed by atoms with Crippen molar-refractivity contribution in [2.24, 2.45) is 0 Å². The van der Waals surface area contributed by atoms with E-state index in [2.05, 4.69) is 10.0 Å². The van der Waals surface area contributed by atoms with Gasteiger partial charge in [0.25, 0.3) is 10.0 Å². The number of hydrogen-bond donors (Lipinski definition) is 2. The molecular formula is C13H15FN2O2S2. The second kappa shape index (κ2) is 5.90. The molecule has 108 valence electrons. The van der Waals surface area contributed by atoms with Crippen LogP contribution in [0.3, 0.4) is 0 Å². The summed E-state index contributed by atoms with van der Waals surface area (Å²) in [5, 5.41) is 4.71. The van der Waals surface area contributed by atoms with Gasteiger partial charge < -0.3 is 5.32 Å². The fourth-order valence-corrected chi connectivity index (χ4v) is 3.97. The van der Waals surface area contributed by atoms with Crippen LogP contribution in [0, 0.1) is 12.7 Å². The minimum Gasteiger partial charge on any atom is -0.316 e. The van der Waals surface area contributed by atoms with Crippen LogP contribution in [-0.4, -0.2) is 15.5 Å². The summed E-state index contributed by atoms with van der Waals surface area (Å²) in [6.07, 6.45) is 0. The van der Waals surface area contributed by atoms with Gasteiger partial charge in [0.15, 0.2) is 0 Å². The molecule has 1 aromatic heterocycles. The van der Waals surface area contributed by atoms with Crippen molar-refractivity contribution in [1.29, 1.82) is 0 Å². The number of rotatable bonds is 5. The van der Waals surface area contributed by atoms with Crippen molar-refractivity contribution in [2.75, 3.05) is 11.8 Å². The zero-order chi connectivity index (χ0) is 14.8. The highest BCUT2D eigenvalue weighted by molar-refractivity contribution is 7.94. The van der Waals surface area contributed by atoms with Gasteiger partial charge in [0, 0.05) is 6.54 Å². The topological polar surface area (TPSA) is 58.2 Å². The normalized spacial score (nSPS) is 11.6. The first-order chi connectivity index (χ1) is 9.42. The Labute approximate surface area is 121 Å². The molecule has 4 nitrogen and oxygen atoms in total. The van der Waals surface area contributed by atoms with Gasteiger partial charge in [-0.05, 0) is 48.7 Å². The third-order valence-corrected chi connectivity index (χ3v) is 5.50. The summed E-state index contributed by atoms with van der Waals surface area (Å²) in [7, 11) is -1.96. The van der Waals surface area contributed by atoms with E-state index in [-0.39, 0.29) is 9.90 Å². The fourth-order valence-electron chi connectivity index (χ4n) is 1.69. The van der Waals surface area contributed by atoms with E-state index in [1.54, 1.807) is 31.5 Å². The summed E-state index contributed by atoms with van der Waals surface area (Å²) in [5.41, 5.74) is 1.57. The summed E-state index contributed by atoms with van der Waals surface area (Å²) in [5.74, 6) is -0.583. The van der Waals surface area contributed by atoms with Crippen LogP contribution in [0.2, 0.25) is 0 Å². The highest BCUT2D eigenvalue weighted by Crippen LogP contribution is 2.24. The average Bonchev–Trinajstić information content (AvgIpc) is 2.83. The average molecular weight is 314 g/mol. The van der Waals surface area contributed by atoms with Crippen LogP contribution in [0.4, 0.5) is 10.1 Å². The molecule has 0 spiro atoms. The molecule has 2 aromatic rings. The minimum absolute atomic E-state index is 0.0424. The summed E-state index contributed by atoms with van der Waals surface area (Å²) in [6.45, 7) is 2.33. The first-order valence-electron chi connectivity index (χ1n) is 5.93. The smallest absolute Gasteiger partial charge is 0.271 e. The van der Waals surface area contributed by atoms with E-state index in [1.807, 2.05) is 0 Å². The van der Waals surface area contributed by atoms with E-state index in [1.165, 1.54) is 12.1 Å². The molecule has 0 atom stereocenters. The van der Waals surface area contributed by atoms with Gasteiger partial charge in [-0.15, -0.1) is 11.3 Å². The van der Waals surface area contributed by atoms with E-state index >= 15 is 0 Å². The first-order valence-corrected chi connectivity index (χ1v) is 8.29. The number of nitrogens with one attached hydrogen (secondary N) is 2. The molecule has 0 aliphatic rings. The maximum Gasteiger partial charge on any atom is 0.271 e. The molecule has 0 saturated carbocycles. The molecule has 1 heterocycles. The van der Waals surface area contributed by atoms with Crippen LogP contribution in [-0.2, 0) is 16.6 Å². The molecule has 0 aliphatic carbocycles. The van der Waals surface area contributed by atoms with Crippen molar-refractivity contribution in [1.82, 2.24) is 5.32 Å². The predicted molar refractivity (Wildman–Crippen MR) is 79.0 cm³/mol. The highest BCUT2D eigenvalue weighted by Gasteiger charge is 2.18. The third kappa shape index (κ3) is 3.36. The lowest BCUT2D eigenvalue weighted by atomic mass is 10.2. The van der Waals surface area contributed by atoms with Gasteiger partial charge in [-0.25, -0.2) is 12.8 Å². The van der Waals surface area contributed by atoms with E-state index in [9.17, 15) is 12.8 Å². The molecule has 0 amide bonds. The Morgan fingerprint density at radius 1 is 1.30 bits per heavy atom. The highest BCUT2D eigenvalue weighted by atomic mass is 32.2. The first kappa shape index (κ1) is 15.0.